The van der Waals surface area contributed by atoms with Crippen LogP contribution in [0.1, 0.15) is 24.3 Å². The van der Waals surface area contributed by atoms with Gasteiger partial charge in [-0.25, -0.2) is 0 Å². The van der Waals surface area contributed by atoms with Crippen LogP contribution in [0.3, 0.4) is 0 Å². The van der Waals surface area contributed by atoms with Gasteiger partial charge in [0.2, 0.25) is 5.91 Å². The highest BCUT2D eigenvalue weighted by Crippen LogP contribution is 2.20. The number of benzene rings is 2. The zero-order valence-corrected chi connectivity index (χ0v) is 18.0. The zero-order chi connectivity index (χ0) is 21.5. The van der Waals surface area contributed by atoms with E-state index in [1.165, 1.54) is 11.3 Å². The summed E-state index contributed by atoms with van der Waals surface area (Å²) >= 11 is 0. The Balaban J connectivity index is 1.21. The lowest BCUT2D eigenvalue weighted by atomic mass is 10.2. The maximum Gasteiger partial charge on any atom is 0.238 e. The van der Waals surface area contributed by atoms with Gasteiger partial charge in [0.25, 0.3) is 0 Å². The van der Waals surface area contributed by atoms with Crippen LogP contribution in [-0.4, -0.2) is 43.5 Å². The summed E-state index contributed by atoms with van der Waals surface area (Å²) in [5.74, 6) is 0.752. The van der Waals surface area contributed by atoms with E-state index in [-0.39, 0.29) is 18.5 Å². The highest BCUT2D eigenvalue weighted by atomic mass is 16.3. The second kappa shape index (κ2) is 10.3. The molecule has 0 aliphatic carbocycles. The van der Waals surface area contributed by atoms with Crippen LogP contribution in [0.2, 0.25) is 0 Å². The Morgan fingerprint density at radius 3 is 2.39 bits per heavy atom. The van der Waals surface area contributed by atoms with Crippen molar-refractivity contribution in [2.45, 2.75) is 19.5 Å². The smallest absolute Gasteiger partial charge is 0.238 e. The van der Waals surface area contributed by atoms with E-state index in [1.807, 2.05) is 31.2 Å². The molecule has 1 aliphatic heterocycles. The fraction of sp³-hybridized carbons (Fsp3) is 0.320. The number of furan rings is 1. The van der Waals surface area contributed by atoms with Gasteiger partial charge in [0.1, 0.15) is 5.76 Å². The summed E-state index contributed by atoms with van der Waals surface area (Å²) < 4.78 is 5.35. The Hall–Kier alpha value is -3.09. The Labute approximate surface area is 183 Å². The maximum atomic E-state index is 12.2. The number of rotatable bonds is 8. The first-order valence-corrected chi connectivity index (χ1v) is 10.9. The number of amides is 1. The van der Waals surface area contributed by atoms with Gasteiger partial charge in [-0.3, -0.25) is 15.0 Å². The summed E-state index contributed by atoms with van der Waals surface area (Å²) in [6.07, 6.45) is 1.64. The first kappa shape index (κ1) is 21.2. The van der Waals surface area contributed by atoms with Crippen LogP contribution in [0.15, 0.2) is 77.4 Å². The maximum absolute atomic E-state index is 12.2. The molecule has 1 aromatic heterocycles. The Kier molecular flexibility index (Phi) is 7.02. The number of nitrogens with one attached hydrogen (secondary N) is 2. The molecule has 6 nitrogen and oxygen atoms in total. The van der Waals surface area contributed by atoms with Gasteiger partial charge in [-0.1, -0.05) is 30.3 Å². The Morgan fingerprint density at radius 2 is 1.71 bits per heavy atom. The summed E-state index contributed by atoms with van der Waals surface area (Å²) in [5, 5.41) is 6.12. The molecule has 2 N–H and O–H groups in total. The number of hydrogen-bond acceptors (Lipinski definition) is 5. The third-order valence-corrected chi connectivity index (χ3v) is 5.68. The van der Waals surface area contributed by atoms with E-state index >= 15 is 0 Å². The van der Waals surface area contributed by atoms with Crippen LogP contribution in [0.4, 0.5) is 11.4 Å². The van der Waals surface area contributed by atoms with Crippen molar-refractivity contribution in [3.8, 4) is 0 Å². The topological polar surface area (TPSA) is 60.8 Å². The van der Waals surface area contributed by atoms with Gasteiger partial charge < -0.3 is 14.6 Å². The summed E-state index contributed by atoms with van der Waals surface area (Å²) in [7, 11) is 0. The SMILES string of the molecule is CC(NCC(=O)Nc1ccc(N2CCN(Cc3ccccc3)CC2)cc1)c1ccco1. The molecule has 4 rings (SSSR count). The van der Waals surface area contributed by atoms with E-state index in [0.717, 1.165) is 44.2 Å². The van der Waals surface area contributed by atoms with Gasteiger partial charge in [0, 0.05) is 44.1 Å². The molecule has 162 valence electrons. The van der Waals surface area contributed by atoms with Crippen molar-refractivity contribution < 1.29 is 9.21 Å². The molecule has 1 aliphatic rings. The van der Waals surface area contributed by atoms with Gasteiger partial charge in [-0.15, -0.1) is 0 Å². The number of carbonyl (C=O) groups excluding carboxylic acids is 1. The molecule has 1 unspecified atom stereocenters. The lowest BCUT2D eigenvalue weighted by Crippen LogP contribution is -2.45. The van der Waals surface area contributed by atoms with Gasteiger partial charge in [0.15, 0.2) is 0 Å². The van der Waals surface area contributed by atoms with E-state index in [9.17, 15) is 4.79 Å². The summed E-state index contributed by atoms with van der Waals surface area (Å²) in [4.78, 5) is 17.1. The molecule has 2 heterocycles. The van der Waals surface area contributed by atoms with E-state index in [1.54, 1.807) is 6.26 Å². The average molecular weight is 419 g/mol. The molecule has 0 radical (unpaired) electrons. The predicted molar refractivity (Wildman–Crippen MR) is 124 cm³/mol. The van der Waals surface area contributed by atoms with E-state index in [0.29, 0.717) is 0 Å². The minimum atomic E-state index is -0.0688. The minimum absolute atomic E-state index is 0.0105. The molecule has 6 heteroatoms. The molecule has 0 bridgehead atoms. The molecule has 1 saturated heterocycles. The largest absolute Gasteiger partial charge is 0.468 e. The van der Waals surface area contributed by atoms with Gasteiger partial charge in [0.05, 0.1) is 18.8 Å². The summed E-state index contributed by atoms with van der Waals surface area (Å²) in [6, 6.07) is 22.5. The molecular weight excluding hydrogens is 388 g/mol. The van der Waals surface area contributed by atoms with Crippen molar-refractivity contribution in [1.82, 2.24) is 10.2 Å². The lowest BCUT2D eigenvalue weighted by molar-refractivity contribution is -0.115. The first-order chi connectivity index (χ1) is 15.2. The second-order valence-electron chi connectivity index (χ2n) is 7.96. The zero-order valence-electron chi connectivity index (χ0n) is 18.0. The highest BCUT2D eigenvalue weighted by Gasteiger charge is 2.17. The van der Waals surface area contributed by atoms with Crippen LogP contribution in [0.5, 0.6) is 0 Å². The predicted octanol–water partition coefficient (Wildman–Crippen LogP) is 3.89. The molecule has 1 amide bonds. The van der Waals surface area contributed by atoms with Crippen LogP contribution in [0.25, 0.3) is 0 Å². The minimum Gasteiger partial charge on any atom is -0.468 e. The number of carbonyl (C=O) groups is 1. The van der Waals surface area contributed by atoms with Crippen molar-refractivity contribution >= 4 is 17.3 Å². The molecule has 0 spiro atoms. The highest BCUT2D eigenvalue weighted by molar-refractivity contribution is 5.92. The first-order valence-electron chi connectivity index (χ1n) is 10.9. The number of nitrogens with zero attached hydrogens (tertiary/aromatic N) is 2. The van der Waals surface area contributed by atoms with E-state index < -0.39 is 0 Å². The van der Waals surface area contributed by atoms with Crippen LogP contribution in [0, 0.1) is 0 Å². The number of piperazine rings is 1. The second-order valence-corrected chi connectivity index (χ2v) is 7.96. The normalized spacial score (nSPS) is 15.6. The Morgan fingerprint density at radius 1 is 0.968 bits per heavy atom. The van der Waals surface area contributed by atoms with Crippen molar-refractivity contribution in [1.29, 1.82) is 0 Å². The van der Waals surface area contributed by atoms with Gasteiger partial charge in [-0.05, 0) is 48.9 Å². The molecular formula is C25H30N4O2. The standard InChI is InChI=1S/C25H30N4O2/c1-20(24-8-5-17-31-24)26-18-25(30)27-22-9-11-23(12-10-22)29-15-13-28(14-16-29)19-21-6-3-2-4-7-21/h2-12,17,20,26H,13-16,18-19H2,1H3,(H,27,30). The van der Waals surface area contributed by atoms with Gasteiger partial charge >= 0.3 is 0 Å². The monoisotopic (exact) mass is 418 g/mol. The van der Waals surface area contributed by atoms with Crippen molar-refractivity contribution in [2.24, 2.45) is 0 Å². The molecule has 1 fully saturated rings. The molecule has 2 aromatic carbocycles. The lowest BCUT2D eigenvalue weighted by Gasteiger charge is -2.36. The van der Waals surface area contributed by atoms with Crippen molar-refractivity contribution in [3.05, 3.63) is 84.3 Å². The van der Waals surface area contributed by atoms with E-state index in [2.05, 4.69) is 62.9 Å². The number of anilines is 2. The van der Waals surface area contributed by atoms with E-state index in [4.69, 9.17) is 4.42 Å². The van der Waals surface area contributed by atoms with Crippen molar-refractivity contribution in [3.63, 3.8) is 0 Å². The number of hydrogen-bond donors (Lipinski definition) is 2. The van der Waals surface area contributed by atoms with Crippen LogP contribution in [-0.2, 0) is 11.3 Å². The fourth-order valence-electron chi connectivity index (χ4n) is 3.85. The third kappa shape index (κ3) is 5.96. The van der Waals surface area contributed by atoms with Gasteiger partial charge in [-0.2, -0.15) is 0 Å². The average Bonchev–Trinajstić information content (AvgIpc) is 3.35. The third-order valence-electron chi connectivity index (χ3n) is 5.68. The molecule has 31 heavy (non-hydrogen) atoms. The fourth-order valence-corrected chi connectivity index (χ4v) is 3.85. The van der Waals surface area contributed by atoms with Crippen LogP contribution >= 0.6 is 0 Å². The van der Waals surface area contributed by atoms with Crippen molar-refractivity contribution in [2.75, 3.05) is 42.9 Å². The summed E-state index contributed by atoms with van der Waals surface area (Å²) in [5.41, 5.74) is 3.37. The molecule has 3 aromatic rings. The van der Waals surface area contributed by atoms with Crippen LogP contribution < -0.4 is 15.5 Å². The Bertz CT molecular complexity index is 933. The molecule has 0 saturated carbocycles. The quantitative estimate of drug-likeness (QED) is 0.581. The summed E-state index contributed by atoms with van der Waals surface area (Å²) in [6.45, 7) is 7.32. The molecule has 1 atom stereocenters.